The van der Waals surface area contributed by atoms with Crippen LogP contribution in [0.4, 0.5) is 10.5 Å². The number of likely N-dealkylation sites (tertiary alicyclic amines) is 1. The second-order valence-corrected chi connectivity index (χ2v) is 12.5. The average Bonchev–Trinajstić information content (AvgIpc) is 2.88. The van der Waals surface area contributed by atoms with Crippen LogP contribution in [0.2, 0.25) is 0 Å². The highest BCUT2D eigenvalue weighted by molar-refractivity contribution is 7.92. The number of piperidine rings is 1. The zero-order valence-corrected chi connectivity index (χ0v) is 23.7. The number of nitrogens with one attached hydrogen (secondary N) is 1. The van der Waals surface area contributed by atoms with E-state index in [0.717, 1.165) is 5.56 Å². The van der Waals surface area contributed by atoms with E-state index in [1.54, 1.807) is 60.4 Å². The fourth-order valence-corrected chi connectivity index (χ4v) is 4.73. The van der Waals surface area contributed by atoms with Gasteiger partial charge in [-0.1, -0.05) is 24.3 Å². The van der Waals surface area contributed by atoms with Gasteiger partial charge in [0.1, 0.15) is 17.5 Å². The summed E-state index contributed by atoms with van der Waals surface area (Å²) in [6, 6.07) is 14.2. The molecule has 1 heterocycles. The van der Waals surface area contributed by atoms with Gasteiger partial charge in [0.2, 0.25) is 10.0 Å². The van der Waals surface area contributed by atoms with Crippen molar-refractivity contribution in [1.82, 2.24) is 4.90 Å². The first-order valence-corrected chi connectivity index (χ1v) is 14.7. The lowest BCUT2D eigenvalue weighted by atomic mass is 10.0. The third kappa shape index (κ3) is 9.61. The van der Waals surface area contributed by atoms with Gasteiger partial charge in [-0.2, -0.15) is 5.26 Å². The molecule has 1 saturated heterocycles. The molecular weight excluding hydrogens is 518 g/mol. The molecule has 1 amide bonds. The van der Waals surface area contributed by atoms with E-state index in [4.69, 9.17) is 14.7 Å². The van der Waals surface area contributed by atoms with E-state index in [2.05, 4.69) is 10.8 Å². The zero-order chi connectivity index (χ0) is 28.6. The van der Waals surface area contributed by atoms with E-state index in [-0.39, 0.29) is 24.4 Å². The van der Waals surface area contributed by atoms with E-state index in [0.29, 0.717) is 48.5 Å². The molecule has 0 radical (unpaired) electrons. The summed E-state index contributed by atoms with van der Waals surface area (Å²) < 4.78 is 38.8. The monoisotopic (exact) mass is 555 g/mol. The number of hydrogen-bond donors (Lipinski definition) is 2. The fourth-order valence-electron chi connectivity index (χ4n) is 4.05. The minimum absolute atomic E-state index is 0.0847. The van der Waals surface area contributed by atoms with Crippen molar-refractivity contribution in [2.75, 3.05) is 23.6 Å². The number of aliphatic hydroxyl groups is 1. The van der Waals surface area contributed by atoms with Gasteiger partial charge in [-0.25, -0.2) is 13.2 Å². The van der Waals surface area contributed by atoms with Gasteiger partial charge < -0.3 is 19.5 Å². The van der Waals surface area contributed by atoms with Crippen LogP contribution in [0, 0.1) is 11.3 Å². The second-order valence-electron chi connectivity index (χ2n) is 10.5. The van der Waals surface area contributed by atoms with E-state index in [1.165, 1.54) is 0 Å². The van der Waals surface area contributed by atoms with Crippen LogP contribution >= 0.6 is 0 Å². The Morgan fingerprint density at radius 3 is 2.59 bits per heavy atom. The molecule has 0 aliphatic carbocycles. The smallest absolute Gasteiger partial charge is 0.410 e. The molecule has 10 heteroatoms. The molecule has 3 rings (SSSR count). The number of carbonyl (C=O) groups is 1. The lowest BCUT2D eigenvalue weighted by Crippen LogP contribution is -2.44. The summed E-state index contributed by atoms with van der Waals surface area (Å²) in [5.41, 5.74) is 1.70. The Kier molecular flexibility index (Phi) is 10.0. The summed E-state index contributed by atoms with van der Waals surface area (Å²) in [7, 11) is -3.53. The van der Waals surface area contributed by atoms with Crippen molar-refractivity contribution in [1.29, 1.82) is 5.26 Å². The SMILES string of the molecule is CCS(=O)(=O)Nc1ccc(OC2CCN(C(=O)OC(C)(C)C)CC2)cc1C[C@H](O)/C=C/c1cccc(C#N)c1. The van der Waals surface area contributed by atoms with Crippen LogP contribution in [0.25, 0.3) is 6.08 Å². The van der Waals surface area contributed by atoms with Gasteiger partial charge in [0.15, 0.2) is 0 Å². The van der Waals surface area contributed by atoms with Crippen LogP contribution in [0.15, 0.2) is 48.5 Å². The molecule has 1 aliphatic heterocycles. The van der Waals surface area contributed by atoms with Crippen molar-refractivity contribution in [3.05, 3.63) is 65.2 Å². The molecule has 9 nitrogen and oxygen atoms in total. The molecule has 2 aromatic carbocycles. The molecular formula is C29H37N3O6S. The maximum Gasteiger partial charge on any atom is 0.410 e. The number of sulfonamides is 1. The third-order valence-corrected chi connectivity index (χ3v) is 7.37. The lowest BCUT2D eigenvalue weighted by Gasteiger charge is -2.33. The highest BCUT2D eigenvalue weighted by atomic mass is 32.2. The highest BCUT2D eigenvalue weighted by Crippen LogP contribution is 2.28. The summed E-state index contributed by atoms with van der Waals surface area (Å²) >= 11 is 0. The predicted octanol–water partition coefficient (Wildman–Crippen LogP) is 4.71. The second kappa shape index (κ2) is 13.0. The van der Waals surface area contributed by atoms with Crippen LogP contribution in [-0.4, -0.2) is 61.2 Å². The molecule has 0 saturated carbocycles. The molecule has 0 unspecified atom stereocenters. The Morgan fingerprint density at radius 2 is 1.95 bits per heavy atom. The summed E-state index contributed by atoms with van der Waals surface area (Å²) in [4.78, 5) is 14.0. The van der Waals surface area contributed by atoms with Crippen molar-refractivity contribution in [3.63, 3.8) is 0 Å². The van der Waals surface area contributed by atoms with Gasteiger partial charge in [-0.15, -0.1) is 0 Å². The molecule has 39 heavy (non-hydrogen) atoms. The molecule has 2 aromatic rings. The summed E-state index contributed by atoms with van der Waals surface area (Å²) in [6.07, 6.45) is 3.37. The Hall–Kier alpha value is -3.55. The van der Waals surface area contributed by atoms with Gasteiger partial charge in [-0.05, 0) is 69.2 Å². The number of anilines is 1. The maximum absolute atomic E-state index is 12.3. The quantitative estimate of drug-likeness (QED) is 0.458. The minimum atomic E-state index is -3.53. The Labute approximate surface area is 231 Å². The molecule has 0 aromatic heterocycles. The standard InChI is InChI=1S/C29H37N3O6S/c1-5-39(35,36)31-27-12-11-26(37-25-13-15-32(16-14-25)28(34)38-29(2,3)4)19-23(27)18-24(33)10-9-21-7-6-8-22(17-21)20-30/h6-12,17,19,24-25,31,33H,5,13-16,18H2,1-4H3/b10-9+/t24-/m1/s1. The third-order valence-electron chi connectivity index (χ3n) is 6.07. The number of aliphatic hydroxyl groups excluding tert-OH is 1. The molecule has 1 aliphatic rings. The topological polar surface area (TPSA) is 129 Å². The van der Waals surface area contributed by atoms with Crippen molar-refractivity contribution in [2.45, 2.75) is 64.8 Å². The number of nitrogens with zero attached hydrogens (tertiary/aromatic N) is 2. The van der Waals surface area contributed by atoms with Crippen LogP contribution in [0.1, 0.15) is 57.2 Å². The fraction of sp³-hybridized carbons (Fsp3) is 0.448. The minimum Gasteiger partial charge on any atom is -0.490 e. The Balaban J connectivity index is 1.71. The van der Waals surface area contributed by atoms with Crippen molar-refractivity contribution in [2.24, 2.45) is 0 Å². The largest absolute Gasteiger partial charge is 0.490 e. The first-order valence-electron chi connectivity index (χ1n) is 13.0. The van der Waals surface area contributed by atoms with Crippen molar-refractivity contribution in [3.8, 4) is 11.8 Å². The normalized spacial score (nSPS) is 15.5. The maximum atomic E-state index is 12.3. The van der Waals surface area contributed by atoms with Gasteiger partial charge >= 0.3 is 6.09 Å². The highest BCUT2D eigenvalue weighted by Gasteiger charge is 2.28. The van der Waals surface area contributed by atoms with Crippen molar-refractivity contribution >= 4 is 27.9 Å². The van der Waals surface area contributed by atoms with Crippen molar-refractivity contribution < 1.29 is 27.8 Å². The van der Waals surface area contributed by atoms with E-state index < -0.39 is 21.7 Å². The van der Waals surface area contributed by atoms with Crippen LogP contribution < -0.4 is 9.46 Å². The van der Waals surface area contributed by atoms with E-state index in [1.807, 2.05) is 26.8 Å². The number of benzene rings is 2. The molecule has 0 bridgehead atoms. The average molecular weight is 556 g/mol. The number of carbonyl (C=O) groups excluding carboxylic acids is 1. The van der Waals surface area contributed by atoms with Crippen LogP contribution in [0.3, 0.4) is 0 Å². The molecule has 0 spiro atoms. The number of hydrogen-bond acceptors (Lipinski definition) is 7. The summed E-state index contributed by atoms with van der Waals surface area (Å²) in [5.74, 6) is 0.469. The van der Waals surface area contributed by atoms with Crippen LogP contribution in [0.5, 0.6) is 5.75 Å². The van der Waals surface area contributed by atoms with Gasteiger partial charge in [0.05, 0.1) is 29.2 Å². The summed E-state index contributed by atoms with van der Waals surface area (Å²) in [5, 5.41) is 19.8. The molecule has 210 valence electrons. The zero-order valence-electron chi connectivity index (χ0n) is 22.9. The van der Waals surface area contributed by atoms with Gasteiger partial charge in [0.25, 0.3) is 0 Å². The van der Waals surface area contributed by atoms with E-state index >= 15 is 0 Å². The molecule has 1 atom stereocenters. The van der Waals surface area contributed by atoms with Crippen LogP contribution in [-0.2, 0) is 21.2 Å². The van der Waals surface area contributed by atoms with E-state index in [9.17, 15) is 18.3 Å². The first kappa shape index (κ1) is 30.0. The predicted molar refractivity (Wildman–Crippen MR) is 151 cm³/mol. The Morgan fingerprint density at radius 1 is 1.23 bits per heavy atom. The first-order chi connectivity index (χ1) is 18.4. The lowest BCUT2D eigenvalue weighted by molar-refractivity contribution is 0.0126. The van der Waals surface area contributed by atoms with Gasteiger partial charge in [-0.3, -0.25) is 4.72 Å². The van der Waals surface area contributed by atoms with Gasteiger partial charge in [0, 0.05) is 32.4 Å². The number of nitriles is 1. The number of ether oxygens (including phenoxy) is 2. The molecule has 1 fully saturated rings. The number of amides is 1. The molecule has 2 N–H and O–H groups in total. The number of rotatable bonds is 9. The summed E-state index contributed by atoms with van der Waals surface area (Å²) in [6.45, 7) is 8.08. The Bertz CT molecular complexity index is 1320.